The van der Waals surface area contributed by atoms with E-state index in [2.05, 4.69) is 11.9 Å². The first-order chi connectivity index (χ1) is 9.61. The molecule has 0 spiro atoms. The van der Waals surface area contributed by atoms with Crippen molar-refractivity contribution < 1.29 is 9.21 Å². The molecular formula is C16H20N2O2. The van der Waals surface area contributed by atoms with E-state index in [9.17, 15) is 4.79 Å². The van der Waals surface area contributed by atoms with Gasteiger partial charge in [0.1, 0.15) is 11.3 Å². The van der Waals surface area contributed by atoms with E-state index in [0.29, 0.717) is 13.1 Å². The molecule has 1 aromatic heterocycles. The number of nitrogens with one attached hydrogen (secondary N) is 1. The first-order valence-electron chi connectivity index (χ1n) is 6.68. The molecule has 4 nitrogen and oxygen atoms in total. The number of hydrogen-bond donors (Lipinski definition) is 1. The quantitative estimate of drug-likeness (QED) is 0.822. The van der Waals surface area contributed by atoms with Crippen LogP contribution in [-0.2, 0) is 4.79 Å². The van der Waals surface area contributed by atoms with Gasteiger partial charge in [-0.05, 0) is 26.1 Å². The summed E-state index contributed by atoms with van der Waals surface area (Å²) in [6.45, 7) is 6.42. The number of carbonyl (C=O) groups excluding carboxylic acids is 1. The maximum Gasteiger partial charge on any atom is 0.234 e. The fourth-order valence-corrected chi connectivity index (χ4v) is 2.03. The number of rotatable bonds is 6. The van der Waals surface area contributed by atoms with E-state index in [-0.39, 0.29) is 11.9 Å². The molecule has 0 fully saturated rings. The highest BCUT2D eigenvalue weighted by Crippen LogP contribution is 2.26. The first-order valence-corrected chi connectivity index (χ1v) is 6.68. The number of likely N-dealkylation sites (N-methyl/N-ethyl adjacent to an activating group) is 1. The molecule has 20 heavy (non-hydrogen) atoms. The predicted molar refractivity (Wildman–Crippen MR) is 80.5 cm³/mol. The third-order valence-corrected chi connectivity index (χ3v) is 3.35. The molecule has 0 bridgehead atoms. The summed E-state index contributed by atoms with van der Waals surface area (Å²) in [6, 6.07) is 9.97. The zero-order chi connectivity index (χ0) is 14.5. The van der Waals surface area contributed by atoms with Crippen LogP contribution in [0.3, 0.4) is 0 Å². The van der Waals surface area contributed by atoms with Crippen molar-refractivity contribution in [2.24, 2.45) is 0 Å². The Morgan fingerprint density at radius 3 is 2.95 bits per heavy atom. The Morgan fingerprint density at radius 1 is 1.50 bits per heavy atom. The lowest BCUT2D eigenvalue weighted by Gasteiger charge is -2.22. The van der Waals surface area contributed by atoms with Crippen LogP contribution < -0.4 is 5.32 Å². The average molecular weight is 272 g/mol. The van der Waals surface area contributed by atoms with Crippen LogP contribution in [0.1, 0.15) is 18.7 Å². The largest absolute Gasteiger partial charge is 0.459 e. The second-order valence-electron chi connectivity index (χ2n) is 4.87. The number of carbonyl (C=O) groups is 1. The minimum Gasteiger partial charge on any atom is -0.459 e. The predicted octanol–water partition coefficient (Wildman–Crippen LogP) is 2.73. The van der Waals surface area contributed by atoms with Crippen molar-refractivity contribution in [3.63, 3.8) is 0 Å². The SMILES string of the molecule is C=CCNC(=O)CN(C)C(C)c1cc2ccccc2o1. The summed E-state index contributed by atoms with van der Waals surface area (Å²) in [5.74, 6) is 0.848. The van der Waals surface area contributed by atoms with Gasteiger partial charge in [0, 0.05) is 11.9 Å². The van der Waals surface area contributed by atoms with E-state index in [4.69, 9.17) is 4.42 Å². The van der Waals surface area contributed by atoms with E-state index in [1.807, 2.05) is 49.2 Å². The molecule has 0 aliphatic heterocycles. The van der Waals surface area contributed by atoms with Gasteiger partial charge < -0.3 is 9.73 Å². The lowest BCUT2D eigenvalue weighted by molar-refractivity contribution is -0.122. The third kappa shape index (κ3) is 3.27. The van der Waals surface area contributed by atoms with Gasteiger partial charge in [-0.1, -0.05) is 24.3 Å². The molecular weight excluding hydrogens is 252 g/mol. The molecule has 1 amide bonds. The molecule has 1 N–H and O–H groups in total. The summed E-state index contributed by atoms with van der Waals surface area (Å²) in [7, 11) is 1.91. The van der Waals surface area contributed by atoms with Crippen LogP contribution in [0.5, 0.6) is 0 Å². The Kier molecular flexibility index (Phi) is 4.58. The summed E-state index contributed by atoms with van der Waals surface area (Å²) in [5, 5.41) is 3.85. The molecule has 4 heteroatoms. The highest BCUT2D eigenvalue weighted by atomic mass is 16.3. The van der Waals surface area contributed by atoms with Gasteiger partial charge in [0.2, 0.25) is 5.91 Å². The van der Waals surface area contributed by atoms with Crippen molar-refractivity contribution in [3.8, 4) is 0 Å². The van der Waals surface area contributed by atoms with Gasteiger partial charge in [0.15, 0.2) is 0 Å². The number of fused-ring (bicyclic) bond motifs is 1. The number of furan rings is 1. The molecule has 2 aromatic rings. The van der Waals surface area contributed by atoms with Crippen LogP contribution >= 0.6 is 0 Å². The van der Waals surface area contributed by atoms with E-state index >= 15 is 0 Å². The van der Waals surface area contributed by atoms with Gasteiger partial charge in [0.25, 0.3) is 0 Å². The average Bonchev–Trinajstić information content (AvgIpc) is 2.87. The second-order valence-corrected chi connectivity index (χ2v) is 4.87. The number of hydrogen-bond acceptors (Lipinski definition) is 3. The van der Waals surface area contributed by atoms with Crippen LogP contribution in [0, 0.1) is 0 Å². The minimum atomic E-state index is -0.0182. The van der Waals surface area contributed by atoms with Crippen molar-refractivity contribution in [1.82, 2.24) is 10.2 Å². The van der Waals surface area contributed by atoms with Crippen molar-refractivity contribution in [3.05, 3.63) is 48.7 Å². The Bertz CT molecular complexity index is 570. The van der Waals surface area contributed by atoms with Gasteiger partial charge in [-0.15, -0.1) is 6.58 Å². The lowest BCUT2D eigenvalue weighted by atomic mass is 10.2. The highest BCUT2D eigenvalue weighted by molar-refractivity contribution is 5.79. The van der Waals surface area contributed by atoms with Crippen LogP contribution in [0.15, 0.2) is 47.4 Å². The van der Waals surface area contributed by atoms with Crippen molar-refractivity contribution >= 4 is 16.9 Å². The third-order valence-electron chi connectivity index (χ3n) is 3.35. The summed E-state index contributed by atoms with van der Waals surface area (Å²) >= 11 is 0. The molecule has 1 unspecified atom stereocenters. The summed E-state index contributed by atoms with van der Waals surface area (Å²) in [4.78, 5) is 13.6. The molecule has 0 saturated heterocycles. The maximum absolute atomic E-state index is 11.7. The normalized spacial score (nSPS) is 12.6. The summed E-state index contributed by atoms with van der Waals surface area (Å²) in [6.07, 6.45) is 1.67. The number of amides is 1. The summed E-state index contributed by atoms with van der Waals surface area (Å²) < 4.78 is 5.82. The molecule has 0 saturated carbocycles. The minimum absolute atomic E-state index is 0.0182. The Labute approximate surface area is 119 Å². The number of nitrogens with zero attached hydrogens (tertiary/aromatic N) is 1. The zero-order valence-electron chi connectivity index (χ0n) is 11.9. The second kappa shape index (κ2) is 6.39. The van der Waals surface area contributed by atoms with Crippen LogP contribution in [0.4, 0.5) is 0 Å². The molecule has 0 radical (unpaired) electrons. The molecule has 1 atom stereocenters. The molecule has 0 aliphatic rings. The van der Waals surface area contributed by atoms with Gasteiger partial charge in [-0.2, -0.15) is 0 Å². The monoisotopic (exact) mass is 272 g/mol. The highest BCUT2D eigenvalue weighted by Gasteiger charge is 2.18. The Balaban J connectivity index is 2.04. The van der Waals surface area contributed by atoms with Crippen molar-refractivity contribution in [2.75, 3.05) is 20.1 Å². The maximum atomic E-state index is 11.7. The van der Waals surface area contributed by atoms with E-state index in [0.717, 1.165) is 16.7 Å². The smallest absolute Gasteiger partial charge is 0.234 e. The van der Waals surface area contributed by atoms with E-state index < -0.39 is 0 Å². The first kappa shape index (κ1) is 14.3. The molecule has 106 valence electrons. The van der Waals surface area contributed by atoms with Crippen molar-refractivity contribution in [2.45, 2.75) is 13.0 Å². The van der Waals surface area contributed by atoms with Crippen LogP contribution in [0.25, 0.3) is 11.0 Å². The molecule has 1 aromatic carbocycles. The van der Waals surface area contributed by atoms with Crippen LogP contribution in [-0.4, -0.2) is 30.9 Å². The fourth-order valence-electron chi connectivity index (χ4n) is 2.03. The standard InChI is InChI=1S/C16H20N2O2/c1-4-9-17-16(19)11-18(3)12(2)15-10-13-7-5-6-8-14(13)20-15/h4-8,10,12H,1,9,11H2,2-3H3,(H,17,19). The molecule has 1 heterocycles. The van der Waals surface area contributed by atoms with Gasteiger partial charge >= 0.3 is 0 Å². The van der Waals surface area contributed by atoms with Crippen molar-refractivity contribution in [1.29, 1.82) is 0 Å². The number of benzene rings is 1. The van der Waals surface area contributed by atoms with Gasteiger partial charge in [-0.3, -0.25) is 9.69 Å². The summed E-state index contributed by atoms with van der Waals surface area (Å²) in [5.41, 5.74) is 0.874. The van der Waals surface area contributed by atoms with Gasteiger partial charge in [-0.25, -0.2) is 0 Å². The van der Waals surface area contributed by atoms with Crippen LogP contribution in [0.2, 0.25) is 0 Å². The Morgan fingerprint density at radius 2 is 2.25 bits per heavy atom. The number of para-hydroxylation sites is 1. The van der Waals surface area contributed by atoms with E-state index in [1.165, 1.54) is 0 Å². The lowest BCUT2D eigenvalue weighted by Crippen LogP contribution is -2.36. The topological polar surface area (TPSA) is 45.5 Å². The molecule has 2 rings (SSSR count). The molecule has 0 aliphatic carbocycles. The fraction of sp³-hybridized carbons (Fsp3) is 0.312. The zero-order valence-corrected chi connectivity index (χ0v) is 11.9. The van der Waals surface area contributed by atoms with E-state index in [1.54, 1.807) is 6.08 Å². The Hall–Kier alpha value is -2.07. The van der Waals surface area contributed by atoms with Gasteiger partial charge in [0.05, 0.1) is 12.6 Å².